The fourth-order valence-electron chi connectivity index (χ4n) is 3.90. The van der Waals surface area contributed by atoms with Gasteiger partial charge in [-0.25, -0.2) is 4.79 Å². The molecule has 3 heterocycles. The average molecular weight is 517 g/mol. The molecule has 0 radical (unpaired) electrons. The number of carboxylic acid groups (broad SMARTS) is 2. The molecule has 0 bridgehead atoms. The highest BCUT2D eigenvalue weighted by molar-refractivity contribution is 7.28. The van der Waals surface area contributed by atoms with Gasteiger partial charge in [0.15, 0.2) is 0 Å². The molecular formula is C28H20O4S3. The van der Waals surface area contributed by atoms with E-state index in [4.69, 9.17) is 5.11 Å². The number of aliphatic carboxylic acids is 1. The molecule has 0 saturated heterocycles. The van der Waals surface area contributed by atoms with Gasteiger partial charge in [0.05, 0.1) is 12.0 Å². The summed E-state index contributed by atoms with van der Waals surface area (Å²) in [4.78, 5) is 29.2. The minimum atomic E-state index is -0.972. The number of aryl methyl sites for hydroxylation is 1. The molecule has 174 valence electrons. The van der Waals surface area contributed by atoms with E-state index < -0.39 is 11.9 Å². The molecule has 0 aliphatic carbocycles. The van der Waals surface area contributed by atoms with Crippen LogP contribution in [0.3, 0.4) is 0 Å². The van der Waals surface area contributed by atoms with Crippen molar-refractivity contribution >= 4 is 45.9 Å². The molecule has 0 unspecified atom stereocenters. The monoisotopic (exact) mass is 516 g/mol. The van der Waals surface area contributed by atoms with E-state index in [1.807, 2.05) is 24.3 Å². The van der Waals surface area contributed by atoms with Crippen LogP contribution in [0, 0.1) is 6.92 Å². The summed E-state index contributed by atoms with van der Waals surface area (Å²) in [5.74, 6) is -1.85. The van der Waals surface area contributed by atoms with Crippen LogP contribution in [-0.2, 0) is 11.2 Å². The minimum Gasteiger partial charge on any atom is -0.481 e. The molecule has 0 saturated carbocycles. The van der Waals surface area contributed by atoms with Crippen molar-refractivity contribution in [2.75, 3.05) is 0 Å². The molecule has 3 aromatic heterocycles. The van der Waals surface area contributed by atoms with E-state index in [-0.39, 0.29) is 12.0 Å². The van der Waals surface area contributed by atoms with Crippen LogP contribution in [0.5, 0.6) is 0 Å². The lowest BCUT2D eigenvalue weighted by Crippen LogP contribution is -1.99. The lowest BCUT2D eigenvalue weighted by atomic mass is 10.1. The standard InChI is InChI=1S/C28H20O4S3/c1-16-13-23(17-5-3-2-4-6-17)34-26(16)21-11-12-22(33-21)27-20(15-25(29)30)14-24(35-27)18-7-9-19(10-8-18)28(31)32/h2-14H,15H2,1H3,(H,29,30)(H,31,32). The molecule has 4 nitrogen and oxygen atoms in total. The number of benzene rings is 2. The Bertz CT molecular complexity index is 1520. The maximum Gasteiger partial charge on any atom is 0.335 e. The van der Waals surface area contributed by atoms with Crippen molar-refractivity contribution in [3.8, 4) is 40.4 Å². The van der Waals surface area contributed by atoms with E-state index in [0.717, 1.165) is 30.6 Å². The summed E-state index contributed by atoms with van der Waals surface area (Å²) in [6, 6.07) is 25.3. The highest BCUT2D eigenvalue weighted by Crippen LogP contribution is 2.46. The zero-order valence-corrected chi connectivity index (χ0v) is 21.1. The summed E-state index contributed by atoms with van der Waals surface area (Å²) < 4.78 is 0. The molecule has 7 heteroatoms. The second-order valence-corrected chi connectivity index (χ2v) is 11.3. The van der Waals surface area contributed by atoms with Crippen LogP contribution in [0.1, 0.15) is 21.5 Å². The Morgan fingerprint density at radius 3 is 1.94 bits per heavy atom. The zero-order chi connectivity index (χ0) is 24.5. The predicted molar refractivity (Wildman–Crippen MR) is 145 cm³/mol. The van der Waals surface area contributed by atoms with Crippen LogP contribution in [-0.4, -0.2) is 22.2 Å². The zero-order valence-electron chi connectivity index (χ0n) is 18.6. The van der Waals surface area contributed by atoms with Gasteiger partial charge >= 0.3 is 11.9 Å². The van der Waals surface area contributed by atoms with E-state index in [2.05, 4.69) is 37.3 Å². The van der Waals surface area contributed by atoms with Gasteiger partial charge in [0.2, 0.25) is 0 Å². The van der Waals surface area contributed by atoms with E-state index in [1.165, 1.54) is 32.2 Å². The smallest absolute Gasteiger partial charge is 0.335 e. The maximum absolute atomic E-state index is 11.6. The lowest BCUT2D eigenvalue weighted by Gasteiger charge is -1.99. The Balaban J connectivity index is 1.51. The molecular weight excluding hydrogens is 497 g/mol. The summed E-state index contributed by atoms with van der Waals surface area (Å²) in [7, 11) is 0. The van der Waals surface area contributed by atoms with Crippen molar-refractivity contribution in [2.45, 2.75) is 13.3 Å². The van der Waals surface area contributed by atoms with Crippen LogP contribution in [0.25, 0.3) is 40.4 Å². The van der Waals surface area contributed by atoms with Crippen LogP contribution in [0.2, 0.25) is 0 Å². The van der Waals surface area contributed by atoms with Crippen LogP contribution < -0.4 is 0 Å². The molecule has 0 aliphatic heterocycles. The molecule has 0 fully saturated rings. The van der Waals surface area contributed by atoms with Gasteiger partial charge in [-0.15, -0.1) is 34.0 Å². The number of carbonyl (C=O) groups is 2. The van der Waals surface area contributed by atoms with Crippen LogP contribution in [0.15, 0.2) is 78.9 Å². The van der Waals surface area contributed by atoms with Gasteiger partial charge in [-0.3, -0.25) is 4.79 Å². The van der Waals surface area contributed by atoms with Gasteiger partial charge in [-0.2, -0.15) is 0 Å². The number of aromatic carboxylic acids is 1. The molecule has 5 aromatic rings. The molecule has 2 N–H and O–H groups in total. The first-order valence-electron chi connectivity index (χ1n) is 10.8. The third-order valence-corrected chi connectivity index (χ3v) is 9.55. The molecule has 5 rings (SSSR count). The van der Waals surface area contributed by atoms with Gasteiger partial charge in [-0.05, 0) is 65.6 Å². The number of carboxylic acids is 2. The molecule has 35 heavy (non-hydrogen) atoms. The Morgan fingerprint density at radius 2 is 1.29 bits per heavy atom. The van der Waals surface area contributed by atoms with Gasteiger partial charge in [0.25, 0.3) is 0 Å². The van der Waals surface area contributed by atoms with Gasteiger partial charge in [-0.1, -0.05) is 42.5 Å². The summed E-state index contributed by atoms with van der Waals surface area (Å²) in [6.07, 6.45) is -0.0670. The Kier molecular flexibility index (Phi) is 6.38. The third kappa shape index (κ3) is 4.84. The van der Waals surface area contributed by atoms with E-state index in [0.29, 0.717) is 0 Å². The summed E-state index contributed by atoms with van der Waals surface area (Å²) >= 11 is 4.97. The van der Waals surface area contributed by atoms with Crippen LogP contribution in [0.4, 0.5) is 0 Å². The number of hydrogen-bond acceptors (Lipinski definition) is 5. The average Bonchev–Trinajstić information content (AvgIpc) is 3.57. The molecule has 0 aliphatic rings. The first kappa shape index (κ1) is 23.2. The number of hydrogen-bond donors (Lipinski definition) is 2. The topological polar surface area (TPSA) is 74.6 Å². The van der Waals surface area contributed by atoms with Crippen molar-refractivity contribution in [3.05, 3.63) is 95.6 Å². The lowest BCUT2D eigenvalue weighted by molar-refractivity contribution is -0.136. The van der Waals surface area contributed by atoms with Gasteiger partial charge < -0.3 is 10.2 Å². The highest BCUT2D eigenvalue weighted by atomic mass is 32.1. The minimum absolute atomic E-state index is 0.0670. The quantitative estimate of drug-likeness (QED) is 0.229. The van der Waals surface area contributed by atoms with E-state index in [9.17, 15) is 14.7 Å². The first-order chi connectivity index (χ1) is 16.9. The molecule has 2 aromatic carbocycles. The van der Waals surface area contributed by atoms with Crippen molar-refractivity contribution < 1.29 is 19.8 Å². The number of thiophene rings is 3. The van der Waals surface area contributed by atoms with E-state index >= 15 is 0 Å². The molecule has 0 spiro atoms. The van der Waals surface area contributed by atoms with Crippen molar-refractivity contribution in [1.82, 2.24) is 0 Å². The van der Waals surface area contributed by atoms with Gasteiger partial charge in [0, 0.05) is 29.3 Å². The maximum atomic E-state index is 11.6. The first-order valence-corrected chi connectivity index (χ1v) is 13.3. The summed E-state index contributed by atoms with van der Waals surface area (Å²) in [6.45, 7) is 2.12. The summed E-state index contributed by atoms with van der Waals surface area (Å²) in [5, 5.41) is 18.7. The Morgan fingerprint density at radius 1 is 0.686 bits per heavy atom. The second-order valence-electron chi connectivity index (χ2n) is 8.07. The molecule has 0 atom stereocenters. The van der Waals surface area contributed by atoms with Gasteiger partial charge in [0.1, 0.15) is 0 Å². The largest absolute Gasteiger partial charge is 0.481 e. The van der Waals surface area contributed by atoms with Crippen molar-refractivity contribution in [1.29, 1.82) is 0 Å². The summed E-state index contributed by atoms with van der Waals surface area (Å²) in [5.41, 5.74) is 4.28. The Hall–Kier alpha value is -3.52. The van der Waals surface area contributed by atoms with E-state index in [1.54, 1.807) is 46.9 Å². The number of rotatable bonds is 7. The second kappa shape index (κ2) is 9.62. The third-order valence-electron chi connectivity index (χ3n) is 5.60. The van der Waals surface area contributed by atoms with Crippen molar-refractivity contribution in [3.63, 3.8) is 0 Å². The predicted octanol–water partition coefficient (Wildman–Crippen LogP) is 8.17. The van der Waals surface area contributed by atoms with Crippen molar-refractivity contribution in [2.24, 2.45) is 0 Å². The normalized spacial score (nSPS) is 11.0. The Labute approximate surface area is 214 Å². The fraction of sp³-hybridized carbons (Fsp3) is 0.0714. The SMILES string of the molecule is Cc1cc(-c2ccccc2)sc1-c1ccc(-c2sc(-c3ccc(C(=O)O)cc3)cc2CC(=O)O)s1. The highest BCUT2D eigenvalue weighted by Gasteiger charge is 2.18. The van der Waals surface area contributed by atoms with Crippen LogP contribution >= 0.6 is 34.0 Å². The molecule has 0 amide bonds. The fourth-order valence-corrected chi connectivity index (χ4v) is 7.59.